The van der Waals surface area contributed by atoms with Crippen LogP contribution in [0.15, 0.2) is 18.2 Å². The molecule has 2 aliphatic carbocycles. The van der Waals surface area contributed by atoms with Gasteiger partial charge in [-0.2, -0.15) is 0 Å². The van der Waals surface area contributed by atoms with E-state index < -0.39 is 132 Å². The molecule has 2 amide bonds. The molecule has 0 radical (unpaired) electrons. The summed E-state index contributed by atoms with van der Waals surface area (Å²) < 4.78 is 22.3. The molecular formula is C35H35NO16. The van der Waals surface area contributed by atoms with E-state index in [4.69, 9.17) is 24.1 Å². The van der Waals surface area contributed by atoms with Crippen molar-refractivity contribution in [2.24, 2.45) is 0 Å². The Morgan fingerprint density at radius 3 is 2.31 bits per heavy atom. The average molecular weight is 726 g/mol. The van der Waals surface area contributed by atoms with Crippen LogP contribution in [0.1, 0.15) is 94.5 Å². The number of likely N-dealkylation sites (tertiary alicyclic amines) is 1. The van der Waals surface area contributed by atoms with Gasteiger partial charge in [-0.3, -0.25) is 38.5 Å². The molecule has 0 unspecified atom stereocenters. The van der Waals surface area contributed by atoms with Crippen molar-refractivity contribution >= 4 is 41.1 Å². The number of methoxy groups -OCH3 is 1. The van der Waals surface area contributed by atoms with Crippen molar-refractivity contribution in [1.29, 1.82) is 0 Å². The van der Waals surface area contributed by atoms with Crippen LogP contribution in [0.5, 0.6) is 17.2 Å². The molecule has 6 rings (SSSR count). The van der Waals surface area contributed by atoms with Crippen molar-refractivity contribution in [3.05, 3.63) is 51.6 Å². The minimum Gasteiger partial charge on any atom is -0.507 e. The number of carbonyl (C=O) groups is 7. The van der Waals surface area contributed by atoms with Crippen LogP contribution in [0.3, 0.4) is 0 Å². The number of aliphatic hydroxyl groups excluding tert-OH is 1. The van der Waals surface area contributed by atoms with Crippen LogP contribution in [0, 0.1) is 0 Å². The molecule has 2 aromatic carbocycles. The van der Waals surface area contributed by atoms with Gasteiger partial charge >= 0.3 is 11.9 Å². The second kappa shape index (κ2) is 13.7. The number of rotatable bonds is 10. The summed E-state index contributed by atoms with van der Waals surface area (Å²) in [4.78, 5) is 90.3. The fourth-order valence-electron chi connectivity index (χ4n) is 7.33. The minimum absolute atomic E-state index is 0.0176. The number of ether oxygens (including phenoxy) is 4. The van der Waals surface area contributed by atoms with Crippen LogP contribution < -0.4 is 4.74 Å². The van der Waals surface area contributed by atoms with E-state index in [9.17, 15) is 54.0 Å². The molecule has 0 bridgehead atoms. The molecule has 6 atom stereocenters. The lowest BCUT2D eigenvalue weighted by Gasteiger charge is -2.44. The van der Waals surface area contributed by atoms with E-state index in [2.05, 4.69) is 0 Å². The van der Waals surface area contributed by atoms with Gasteiger partial charge in [0.15, 0.2) is 18.7 Å². The van der Waals surface area contributed by atoms with Crippen LogP contribution in [-0.2, 0) is 44.6 Å². The number of aliphatic hydroxyl groups is 2. The Hall–Kier alpha value is -5.23. The largest absolute Gasteiger partial charge is 0.507 e. The van der Waals surface area contributed by atoms with Crippen molar-refractivity contribution in [3.8, 4) is 17.2 Å². The van der Waals surface area contributed by atoms with Gasteiger partial charge in [-0.15, -0.1) is 0 Å². The Labute approximate surface area is 294 Å². The SMILES string of the molecule is COc1cccc2c1C(=O)c1c(O)c3c(c(O)c1C2=O)C[C@@](O)(C(=O)COC(=O)CCC(=O)O)C[C@@H]3O[C@H]1C[C@H](N2C(=O)CCC2=O)[C@H](O)[C@H](C)O1. The quantitative estimate of drug-likeness (QED) is 0.109. The number of carboxylic acid groups (broad SMARTS) is 1. The number of carbonyl (C=O) groups excluding carboxylic acids is 6. The second-order valence-electron chi connectivity index (χ2n) is 13.1. The summed E-state index contributed by atoms with van der Waals surface area (Å²) in [5.74, 6) is -7.85. The zero-order valence-corrected chi connectivity index (χ0v) is 27.9. The third kappa shape index (κ3) is 6.18. The van der Waals surface area contributed by atoms with Crippen LogP contribution in [0.25, 0.3) is 0 Å². The van der Waals surface area contributed by atoms with Crippen molar-refractivity contribution < 1.29 is 78.0 Å². The summed E-state index contributed by atoms with van der Waals surface area (Å²) in [6.07, 6.45) is -8.32. The van der Waals surface area contributed by atoms with Crippen LogP contribution in [0.4, 0.5) is 0 Å². The highest BCUT2D eigenvalue weighted by molar-refractivity contribution is 6.31. The molecule has 0 aromatic heterocycles. The van der Waals surface area contributed by atoms with Gasteiger partial charge in [0.2, 0.25) is 23.4 Å². The highest BCUT2D eigenvalue weighted by Crippen LogP contribution is 2.52. The molecule has 0 spiro atoms. The Morgan fingerprint density at radius 1 is 0.981 bits per heavy atom. The van der Waals surface area contributed by atoms with E-state index in [0.29, 0.717) is 0 Å². The van der Waals surface area contributed by atoms with Gasteiger partial charge in [-0.1, -0.05) is 12.1 Å². The number of fused-ring (bicyclic) bond motifs is 3. The molecule has 17 heteroatoms. The molecule has 17 nitrogen and oxygen atoms in total. The van der Waals surface area contributed by atoms with Crippen molar-refractivity contribution in [2.75, 3.05) is 13.7 Å². The lowest BCUT2D eigenvalue weighted by molar-refractivity contribution is -0.256. The van der Waals surface area contributed by atoms with E-state index in [0.717, 1.165) is 4.90 Å². The number of esters is 1. The summed E-state index contributed by atoms with van der Waals surface area (Å²) in [6, 6.07) is 3.10. The maximum absolute atomic E-state index is 13.9. The van der Waals surface area contributed by atoms with E-state index in [1.807, 2.05) is 0 Å². The number of phenolic OH excluding ortho intramolecular Hbond substituents is 2. The molecule has 2 aliphatic heterocycles. The predicted molar refractivity (Wildman–Crippen MR) is 169 cm³/mol. The molecule has 2 heterocycles. The first kappa shape index (κ1) is 36.6. The Kier molecular flexibility index (Phi) is 9.65. The Balaban J connectivity index is 1.41. The number of Topliss-reactive ketones (excluding diaryl/α,β-unsaturated/α-hetero) is 1. The summed E-state index contributed by atoms with van der Waals surface area (Å²) >= 11 is 0. The highest BCUT2D eigenvalue weighted by Gasteiger charge is 2.52. The summed E-state index contributed by atoms with van der Waals surface area (Å²) in [7, 11) is 1.27. The molecule has 2 saturated heterocycles. The van der Waals surface area contributed by atoms with Gasteiger partial charge in [-0.05, 0) is 13.0 Å². The predicted octanol–water partition coefficient (Wildman–Crippen LogP) is 0.607. The fourth-order valence-corrected chi connectivity index (χ4v) is 7.33. The van der Waals surface area contributed by atoms with Crippen molar-refractivity contribution in [1.82, 2.24) is 4.90 Å². The first-order chi connectivity index (χ1) is 24.6. The third-order valence-electron chi connectivity index (χ3n) is 9.92. The van der Waals surface area contributed by atoms with Gasteiger partial charge in [-0.25, -0.2) is 0 Å². The molecule has 52 heavy (non-hydrogen) atoms. The zero-order chi connectivity index (χ0) is 37.8. The van der Waals surface area contributed by atoms with Crippen LogP contribution in [0.2, 0.25) is 0 Å². The number of amides is 2. The normalized spacial score (nSPS) is 26.8. The molecular weight excluding hydrogens is 690 g/mol. The van der Waals surface area contributed by atoms with Crippen molar-refractivity contribution in [3.63, 3.8) is 0 Å². The number of ketones is 3. The smallest absolute Gasteiger partial charge is 0.306 e. The highest BCUT2D eigenvalue weighted by atomic mass is 16.7. The average Bonchev–Trinajstić information content (AvgIpc) is 3.44. The van der Waals surface area contributed by atoms with Gasteiger partial charge < -0.3 is 44.5 Å². The number of aliphatic carboxylic acids is 1. The number of aromatic hydroxyl groups is 2. The monoisotopic (exact) mass is 725 g/mol. The Morgan fingerprint density at radius 2 is 1.65 bits per heavy atom. The van der Waals surface area contributed by atoms with E-state index in [1.54, 1.807) is 0 Å². The number of benzene rings is 2. The zero-order valence-electron chi connectivity index (χ0n) is 27.9. The van der Waals surface area contributed by atoms with E-state index in [-0.39, 0.29) is 47.3 Å². The number of carboxylic acids is 1. The summed E-state index contributed by atoms with van der Waals surface area (Å²) in [5.41, 5.74) is -4.65. The summed E-state index contributed by atoms with van der Waals surface area (Å²) in [5, 5.41) is 55.0. The molecule has 0 saturated carbocycles. The maximum Gasteiger partial charge on any atom is 0.306 e. The first-order valence-electron chi connectivity index (χ1n) is 16.4. The van der Waals surface area contributed by atoms with E-state index >= 15 is 0 Å². The standard InChI is InChI=1S/C35H35NO16/c1-14-30(43)17(36-21(38)6-7-22(36)39)10-25(51-14)52-19-12-35(48,20(37)13-50-24(42)9-8-23(40)41)11-16-27(19)34(47)29-28(32(16)45)31(44)15-4-3-5-18(49-2)26(15)33(29)46/h3-5,14,17,19,25,30,43,45,47-48H,6-13H2,1-2H3,(H,40,41)/t14-,17-,19-,25-,30+,35-/m0/s1. The first-order valence-corrected chi connectivity index (χ1v) is 16.4. The maximum atomic E-state index is 13.9. The topological polar surface area (TPSA) is 261 Å². The minimum atomic E-state index is -2.51. The van der Waals surface area contributed by atoms with Crippen LogP contribution in [-0.4, -0.2) is 115 Å². The van der Waals surface area contributed by atoms with Gasteiger partial charge in [0.05, 0.1) is 54.9 Å². The van der Waals surface area contributed by atoms with Gasteiger partial charge in [0, 0.05) is 48.8 Å². The molecule has 5 N–H and O–H groups in total. The lowest BCUT2D eigenvalue weighted by atomic mass is 9.72. The molecule has 4 aliphatic rings. The molecule has 2 fully saturated rings. The number of phenols is 2. The number of hydrogen-bond acceptors (Lipinski definition) is 15. The number of nitrogens with zero attached hydrogens (tertiary/aromatic N) is 1. The molecule has 276 valence electrons. The molecule has 2 aromatic rings. The van der Waals surface area contributed by atoms with Gasteiger partial charge in [0.1, 0.15) is 29.0 Å². The van der Waals surface area contributed by atoms with E-state index in [1.165, 1.54) is 32.2 Å². The second-order valence-corrected chi connectivity index (χ2v) is 13.1. The van der Waals surface area contributed by atoms with Gasteiger partial charge in [0.25, 0.3) is 0 Å². The number of imide groups is 1. The Bertz CT molecular complexity index is 1900. The lowest BCUT2D eigenvalue weighted by Crippen LogP contribution is -2.57. The van der Waals surface area contributed by atoms with Crippen LogP contribution >= 0.6 is 0 Å². The summed E-state index contributed by atoms with van der Waals surface area (Å²) in [6.45, 7) is 0.435. The fraction of sp³-hybridized carbons (Fsp3) is 0.457. The third-order valence-corrected chi connectivity index (χ3v) is 9.92. The van der Waals surface area contributed by atoms with Crippen molar-refractivity contribution in [2.45, 2.75) is 88.1 Å². The number of hydrogen-bond donors (Lipinski definition) is 5.